The Morgan fingerprint density at radius 1 is 1.45 bits per heavy atom. The zero-order chi connectivity index (χ0) is 16.2. The molecule has 0 aliphatic carbocycles. The van der Waals surface area contributed by atoms with Gasteiger partial charge >= 0.3 is 5.97 Å². The zero-order valence-corrected chi connectivity index (χ0v) is 13.3. The highest BCUT2D eigenvalue weighted by Crippen LogP contribution is 2.41. The van der Waals surface area contributed by atoms with Crippen molar-refractivity contribution < 1.29 is 23.5 Å². The molecule has 1 aromatic rings. The molecule has 0 bridgehead atoms. The first-order valence-corrected chi connectivity index (χ1v) is 7.41. The van der Waals surface area contributed by atoms with Crippen LogP contribution in [0.15, 0.2) is 34.7 Å². The summed E-state index contributed by atoms with van der Waals surface area (Å²) in [6, 6.07) is 1.89. The van der Waals surface area contributed by atoms with E-state index in [2.05, 4.69) is 0 Å². The lowest BCUT2D eigenvalue weighted by Crippen LogP contribution is -2.26. The van der Waals surface area contributed by atoms with Gasteiger partial charge in [0.15, 0.2) is 5.78 Å². The average molecular weight is 306 g/mol. The standard InChI is InChI=1S/C17H22O5/c1-12(10-21-13(2)18)8-15(19)9-17(3)6-4-16(22-17)14-5-7-20-11-14/h5,7-8,11,16H,4,6,9-10H2,1-3H3. The Bertz CT molecular complexity index is 558. The van der Waals surface area contributed by atoms with Crippen LogP contribution in [0.2, 0.25) is 0 Å². The minimum atomic E-state index is -0.461. The van der Waals surface area contributed by atoms with Crippen molar-refractivity contribution in [3.63, 3.8) is 0 Å². The van der Waals surface area contributed by atoms with Gasteiger partial charge in [0.2, 0.25) is 0 Å². The predicted octanol–water partition coefficient (Wildman–Crippen LogP) is 3.36. The first-order chi connectivity index (χ1) is 10.4. The molecule has 120 valence electrons. The second-order valence-electron chi connectivity index (χ2n) is 6.07. The SMILES string of the molecule is CC(=O)OCC(C)=CC(=O)CC1(C)CCC(c2ccoc2)O1. The largest absolute Gasteiger partial charge is 0.472 e. The van der Waals surface area contributed by atoms with Crippen LogP contribution < -0.4 is 0 Å². The first kappa shape index (κ1) is 16.5. The van der Waals surface area contributed by atoms with Crippen LogP contribution in [0.5, 0.6) is 0 Å². The minimum absolute atomic E-state index is 0.0114. The number of rotatable bonds is 6. The molecule has 1 saturated heterocycles. The summed E-state index contributed by atoms with van der Waals surface area (Å²) in [7, 11) is 0. The van der Waals surface area contributed by atoms with Crippen LogP contribution >= 0.6 is 0 Å². The van der Waals surface area contributed by atoms with Crippen LogP contribution in [0.1, 0.15) is 51.7 Å². The Balaban J connectivity index is 1.88. The first-order valence-electron chi connectivity index (χ1n) is 7.41. The number of allylic oxidation sites excluding steroid dienone is 1. The number of hydrogen-bond acceptors (Lipinski definition) is 5. The summed E-state index contributed by atoms with van der Waals surface area (Å²) in [5, 5.41) is 0. The van der Waals surface area contributed by atoms with E-state index in [0.29, 0.717) is 6.42 Å². The second kappa shape index (κ2) is 6.92. The summed E-state index contributed by atoms with van der Waals surface area (Å²) >= 11 is 0. The van der Waals surface area contributed by atoms with E-state index < -0.39 is 5.60 Å². The van der Waals surface area contributed by atoms with Crippen molar-refractivity contribution in [2.24, 2.45) is 0 Å². The van der Waals surface area contributed by atoms with Gasteiger partial charge in [-0.15, -0.1) is 0 Å². The maximum atomic E-state index is 12.1. The molecule has 1 fully saturated rings. The fourth-order valence-electron chi connectivity index (χ4n) is 2.67. The lowest BCUT2D eigenvalue weighted by molar-refractivity contribution is -0.140. The van der Waals surface area contributed by atoms with Crippen molar-refractivity contribution in [1.29, 1.82) is 0 Å². The summed E-state index contributed by atoms with van der Waals surface area (Å²) in [4.78, 5) is 22.9. The molecule has 1 aliphatic rings. The predicted molar refractivity (Wildman–Crippen MR) is 80.2 cm³/mol. The Morgan fingerprint density at radius 3 is 2.86 bits per heavy atom. The molecular weight excluding hydrogens is 284 g/mol. The number of furan rings is 1. The molecule has 22 heavy (non-hydrogen) atoms. The van der Waals surface area contributed by atoms with Gasteiger partial charge in [0.25, 0.3) is 0 Å². The lowest BCUT2D eigenvalue weighted by atomic mass is 9.94. The fourth-order valence-corrected chi connectivity index (χ4v) is 2.67. The summed E-state index contributed by atoms with van der Waals surface area (Å²) < 4.78 is 16.0. The normalized spacial score (nSPS) is 25.2. The lowest BCUT2D eigenvalue weighted by Gasteiger charge is -2.23. The van der Waals surface area contributed by atoms with E-state index in [1.165, 1.54) is 13.0 Å². The van der Waals surface area contributed by atoms with Crippen LogP contribution in [0, 0.1) is 0 Å². The minimum Gasteiger partial charge on any atom is -0.472 e. The molecule has 0 amide bonds. The van der Waals surface area contributed by atoms with E-state index in [-0.39, 0.29) is 24.5 Å². The summed E-state index contributed by atoms with van der Waals surface area (Å²) in [6.45, 7) is 5.22. The molecular formula is C17H22O5. The molecule has 1 aromatic heterocycles. The van der Waals surface area contributed by atoms with Crippen LogP contribution in [0.4, 0.5) is 0 Å². The smallest absolute Gasteiger partial charge is 0.302 e. The maximum absolute atomic E-state index is 12.1. The van der Waals surface area contributed by atoms with Gasteiger partial charge in [-0.1, -0.05) is 0 Å². The van der Waals surface area contributed by atoms with Crippen LogP contribution in [0.25, 0.3) is 0 Å². The Labute approximate surface area is 130 Å². The van der Waals surface area contributed by atoms with E-state index in [4.69, 9.17) is 13.9 Å². The van der Waals surface area contributed by atoms with Gasteiger partial charge in [0.1, 0.15) is 6.61 Å². The summed E-state index contributed by atoms with van der Waals surface area (Å²) in [6.07, 6.45) is 6.84. The summed E-state index contributed by atoms with van der Waals surface area (Å²) in [5.74, 6) is -0.366. The number of carbonyl (C=O) groups excluding carboxylic acids is 2. The highest BCUT2D eigenvalue weighted by atomic mass is 16.5. The molecule has 2 atom stereocenters. The molecule has 0 radical (unpaired) electrons. The third-order valence-electron chi connectivity index (χ3n) is 3.74. The van der Waals surface area contributed by atoms with Crippen LogP contribution in [0.3, 0.4) is 0 Å². The van der Waals surface area contributed by atoms with Crippen LogP contribution in [-0.2, 0) is 19.1 Å². The molecule has 0 saturated carbocycles. The van der Waals surface area contributed by atoms with Crippen molar-refractivity contribution in [1.82, 2.24) is 0 Å². The number of hydrogen-bond donors (Lipinski definition) is 0. The third kappa shape index (κ3) is 4.56. The molecule has 0 aromatic carbocycles. The van der Waals surface area contributed by atoms with E-state index in [9.17, 15) is 9.59 Å². The van der Waals surface area contributed by atoms with Crippen molar-refractivity contribution >= 4 is 11.8 Å². The van der Waals surface area contributed by atoms with Crippen LogP contribution in [-0.4, -0.2) is 24.0 Å². The quantitative estimate of drug-likeness (QED) is 0.595. The Kier molecular flexibility index (Phi) is 5.19. The van der Waals surface area contributed by atoms with Gasteiger partial charge in [0, 0.05) is 18.9 Å². The second-order valence-corrected chi connectivity index (χ2v) is 6.07. The van der Waals surface area contributed by atoms with Gasteiger partial charge in [-0.25, -0.2) is 0 Å². The van der Waals surface area contributed by atoms with Gasteiger partial charge in [-0.3, -0.25) is 9.59 Å². The molecule has 0 spiro atoms. The highest BCUT2D eigenvalue weighted by molar-refractivity contribution is 5.91. The third-order valence-corrected chi connectivity index (χ3v) is 3.74. The Hall–Kier alpha value is -1.88. The number of ketones is 1. The Morgan fingerprint density at radius 2 is 2.23 bits per heavy atom. The van der Waals surface area contributed by atoms with E-state index in [1.54, 1.807) is 19.5 Å². The average Bonchev–Trinajstić information content (AvgIpc) is 3.05. The molecule has 5 heteroatoms. The topological polar surface area (TPSA) is 65.7 Å². The maximum Gasteiger partial charge on any atom is 0.302 e. The number of ether oxygens (including phenoxy) is 2. The van der Waals surface area contributed by atoms with Gasteiger partial charge < -0.3 is 13.9 Å². The van der Waals surface area contributed by atoms with E-state index in [1.807, 2.05) is 13.0 Å². The van der Waals surface area contributed by atoms with E-state index >= 15 is 0 Å². The van der Waals surface area contributed by atoms with Crippen molar-refractivity contribution in [3.8, 4) is 0 Å². The van der Waals surface area contributed by atoms with Crippen molar-refractivity contribution in [2.75, 3.05) is 6.61 Å². The molecule has 2 unspecified atom stereocenters. The van der Waals surface area contributed by atoms with E-state index in [0.717, 1.165) is 24.0 Å². The number of esters is 1. The van der Waals surface area contributed by atoms with Gasteiger partial charge in [-0.05, 0) is 44.4 Å². The van der Waals surface area contributed by atoms with Crippen molar-refractivity contribution in [2.45, 2.75) is 51.7 Å². The molecule has 2 rings (SSSR count). The monoisotopic (exact) mass is 306 g/mol. The highest BCUT2D eigenvalue weighted by Gasteiger charge is 2.38. The van der Waals surface area contributed by atoms with Crippen molar-refractivity contribution in [3.05, 3.63) is 35.8 Å². The van der Waals surface area contributed by atoms with Gasteiger partial charge in [0.05, 0.1) is 24.2 Å². The molecule has 5 nitrogen and oxygen atoms in total. The van der Waals surface area contributed by atoms with Gasteiger partial charge in [-0.2, -0.15) is 0 Å². The molecule has 0 N–H and O–H groups in total. The molecule has 1 aliphatic heterocycles. The number of carbonyl (C=O) groups is 2. The molecule has 2 heterocycles. The summed E-state index contributed by atoms with van der Waals surface area (Å²) in [5.41, 5.74) is 1.28. The zero-order valence-electron chi connectivity index (χ0n) is 13.3. The fraction of sp³-hybridized carbons (Fsp3) is 0.529.